The topological polar surface area (TPSA) is 606 Å². The van der Waals surface area contributed by atoms with Crippen molar-refractivity contribution in [2.45, 2.75) is 228 Å². The summed E-state index contributed by atoms with van der Waals surface area (Å²) in [5, 5.41) is 61.2. The van der Waals surface area contributed by atoms with Crippen LogP contribution in [0.3, 0.4) is 0 Å². The molecule has 4 aliphatic heterocycles. The summed E-state index contributed by atoms with van der Waals surface area (Å²) in [6.07, 6.45) is 0.664. The molecule has 42 heteroatoms. The predicted molar refractivity (Wildman–Crippen MR) is 473 cm³/mol. The second kappa shape index (κ2) is 47.2. The van der Waals surface area contributed by atoms with Crippen molar-refractivity contribution < 1.29 is 102 Å². The number of anilines is 1. The number of aliphatic hydroxyl groups excluding tert-OH is 3. The highest BCUT2D eigenvalue weighted by Crippen LogP contribution is 2.35. The minimum absolute atomic E-state index is 0.0308. The molecule has 17 amide bonds. The van der Waals surface area contributed by atoms with E-state index in [1.165, 1.54) is 39.1 Å². The Kier molecular flexibility index (Phi) is 36.7. The molecule has 2 unspecified atom stereocenters. The van der Waals surface area contributed by atoms with E-state index in [0.717, 1.165) is 31.4 Å². The molecule has 0 radical (unpaired) electrons. The molecule has 2 aromatic heterocycles. The van der Waals surface area contributed by atoms with Gasteiger partial charge in [-0.1, -0.05) is 88.9 Å². The number of nitrogens with one attached hydrogen (secondary N) is 12. The minimum atomic E-state index is -1.92. The van der Waals surface area contributed by atoms with Gasteiger partial charge in [0, 0.05) is 112 Å². The van der Waals surface area contributed by atoms with Gasteiger partial charge in [-0.3, -0.25) is 86.4 Å². The molecule has 5 aromatic rings. The fraction of sp³-hybridized carbons (Fsp3) is 0.552. The molecular weight excluding hydrogens is 1690 g/mol. The summed E-state index contributed by atoms with van der Waals surface area (Å²) in [7, 11) is 5.68. The Bertz CT molecular complexity index is 4910. The van der Waals surface area contributed by atoms with E-state index >= 15 is 33.6 Å². The van der Waals surface area contributed by atoms with Gasteiger partial charge >= 0.3 is 0 Å². The molecule has 3 aromatic carbocycles. The average molecular weight is 1820 g/mol. The van der Waals surface area contributed by atoms with Crippen LogP contribution in [0.5, 0.6) is 5.75 Å². The number of rotatable bonds is 24. The van der Waals surface area contributed by atoms with Gasteiger partial charge in [0.1, 0.15) is 84.3 Å². The number of benzene rings is 3. The maximum atomic E-state index is 15.7. The summed E-state index contributed by atoms with van der Waals surface area (Å²) in [5.41, 5.74) is 19.9. The van der Waals surface area contributed by atoms with Crippen LogP contribution in [0.15, 0.2) is 79.1 Å². The number of aromatic amines is 2. The van der Waals surface area contributed by atoms with Crippen molar-refractivity contribution in [2.24, 2.45) is 23.1 Å². The lowest BCUT2D eigenvalue weighted by Crippen LogP contribution is -2.62. The van der Waals surface area contributed by atoms with E-state index in [1.54, 1.807) is 87.0 Å². The molecule has 4 aliphatic rings. The molecule has 16 atom stereocenters. The number of carbonyl (C=O) groups excluding carboxylic acids is 17. The number of aliphatic hydroxyl groups is 3. The number of amides is 17. The SMILES string of the molecule is CCCC[C@H]1C(=O)N(C)[C@@H](CCCC)C(=O)N[C@@H](CC(C)CC(NC)C(N)=O)C(=O)NCCSCC(=O)N[C@H]2Cc3ccc(OC)cc3N(C2=O)[C@@H](C)C(=O)N[C@@H](CC(N)=O)C(=O)N2CCC[C@H]2C(=O)N[C@@H](CO)C(=O)N[C@@H](CCC(N)=O)C(=O)N2C[C@H](O)C[C@H]2C(=O)N[C@@H](Cc2c[nH]c3ccccc23)C(=O)N[C@@H](CO)C(=O)N[C@@H](Cc2c[nH]c3ccccc23)C(=O)N1C. The highest BCUT2D eigenvalue weighted by atomic mass is 32.2. The molecule has 0 spiro atoms. The van der Waals surface area contributed by atoms with Crippen LogP contribution >= 0.6 is 11.8 Å². The second-order valence-corrected chi connectivity index (χ2v) is 34.4. The molecule has 0 aliphatic carbocycles. The van der Waals surface area contributed by atoms with E-state index < -0.39 is 242 Å². The summed E-state index contributed by atoms with van der Waals surface area (Å²) in [6, 6.07) is -2.69. The summed E-state index contributed by atoms with van der Waals surface area (Å²) < 4.78 is 5.49. The van der Waals surface area contributed by atoms with E-state index in [4.69, 9.17) is 21.9 Å². The fourth-order valence-electron chi connectivity index (χ4n) is 16.8. The average Bonchev–Trinajstić information content (AvgIpc) is 1.46. The number of nitrogens with two attached hydrogens (primary N) is 3. The second-order valence-electron chi connectivity index (χ2n) is 33.3. The van der Waals surface area contributed by atoms with E-state index in [0.29, 0.717) is 64.2 Å². The van der Waals surface area contributed by atoms with Gasteiger partial charge in [-0.25, -0.2) is 0 Å². The minimum Gasteiger partial charge on any atom is -0.497 e. The first-order chi connectivity index (χ1) is 61.5. The summed E-state index contributed by atoms with van der Waals surface area (Å²) in [5.74, 6) is -16.1. The summed E-state index contributed by atoms with van der Waals surface area (Å²) in [6.45, 7) is 3.72. The Hall–Kier alpha value is -12.3. The van der Waals surface area contributed by atoms with Crippen molar-refractivity contribution >= 4 is 140 Å². The number of primary amides is 3. The first-order valence-electron chi connectivity index (χ1n) is 43.5. The van der Waals surface area contributed by atoms with Gasteiger partial charge < -0.3 is 120 Å². The van der Waals surface area contributed by atoms with E-state index in [2.05, 4.69) is 63.1 Å². The Balaban J connectivity index is 1.07. The molecule has 41 nitrogen and oxygen atoms in total. The highest BCUT2D eigenvalue weighted by molar-refractivity contribution is 7.99. The Morgan fingerprint density at radius 1 is 0.597 bits per heavy atom. The molecule has 3 saturated heterocycles. The number of likely N-dealkylation sites (N-methyl/N-ethyl adjacent to an activating group) is 3. The van der Waals surface area contributed by atoms with Crippen LogP contribution in [0.4, 0.5) is 5.69 Å². The van der Waals surface area contributed by atoms with Gasteiger partial charge in [0.2, 0.25) is 94.5 Å². The van der Waals surface area contributed by atoms with Crippen LogP contribution in [-0.2, 0) is 101 Å². The lowest BCUT2D eigenvalue weighted by atomic mass is 9.93. The Morgan fingerprint density at radius 2 is 1.15 bits per heavy atom. The fourth-order valence-corrected chi connectivity index (χ4v) is 17.5. The highest BCUT2D eigenvalue weighted by Gasteiger charge is 2.47. The van der Waals surface area contributed by atoms with Crippen LogP contribution in [-0.4, -0.2) is 309 Å². The van der Waals surface area contributed by atoms with Gasteiger partial charge in [0.05, 0.1) is 50.3 Å². The molecular formula is C87H122N20O21S. The predicted octanol–water partition coefficient (Wildman–Crippen LogP) is -3.24. The van der Waals surface area contributed by atoms with Crippen LogP contribution in [0.1, 0.15) is 134 Å². The van der Waals surface area contributed by atoms with E-state index in [1.807, 2.05) is 13.8 Å². The summed E-state index contributed by atoms with van der Waals surface area (Å²) in [4.78, 5) is 258. The smallest absolute Gasteiger partial charge is 0.250 e. The van der Waals surface area contributed by atoms with Gasteiger partial charge in [-0.15, -0.1) is 0 Å². The number of hydrogen-bond donors (Lipinski definition) is 18. The molecule has 2 bridgehead atoms. The maximum Gasteiger partial charge on any atom is 0.250 e. The van der Waals surface area contributed by atoms with Crippen LogP contribution in [0.25, 0.3) is 21.8 Å². The Labute approximate surface area is 750 Å². The number of methoxy groups -OCH3 is 1. The monoisotopic (exact) mass is 1810 g/mol. The van der Waals surface area contributed by atoms with Crippen molar-refractivity contribution in [1.29, 1.82) is 0 Å². The standard InChI is InChI=1S/C87H122N20O21S/c1-9-11-22-66-80(120)97-59(33-46(3)32-58(91-5)74(90)114)76(116)92-29-31-129-45-73(113)95-62-34-48-25-26-52(128-8)38-69(48)107(86(62)126)47(4)75(115)99-63(39-72(89)112)85(125)105-30-17-24-67(105)81(121)102-65(44-109)78(118)96-57(27-28-71(88)111)84(124)106-42-51(110)37-70(106)82(122)98-60(35-49-40-93-55-20-15-13-18-53(49)55)77(117)101-64(43-108)79(119)100-61(36-50-41-94-56-21-16-14-19-54(50)56)83(123)104(7)68(23-12-10-2)87(127)103(66)6/h13-16,18-21,25-26,38,40-41,46-47,51,57-68,70,91,93-94,108-110H,9-12,17,22-24,27-37,39,42-45H2,1-8H3,(H2,88,111)(H2,89,112)(H2,90,114)(H,92,116)(H,95,113)(H,96,118)(H,97,120)(H,98,122)(H,99,115)(H,100,119)(H,101,117)(H,102,121)/t46?,47-,51+,57-,58?,59-,60-,61-,62-,63-,64-,65-,66-,67-,68-,70-/m0/s1. The Morgan fingerprint density at radius 3 is 1.74 bits per heavy atom. The van der Waals surface area contributed by atoms with Crippen molar-refractivity contribution in [3.63, 3.8) is 0 Å². The number of unbranched alkanes of at least 4 members (excludes halogenated alkanes) is 2. The van der Waals surface area contributed by atoms with Crippen LogP contribution in [0.2, 0.25) is 0 Å². The largest absolute Gasteiger partial charge is 0.497 e. The van der Waals surface area contributed by atoms with Crippen molar-refractivity contribution in [3.8, 4) is 5.75 Å². The number of aromatic nitrogens is 2. The third-order valence-electron chi connectivity index (χ3n) is 24.0. The normalized spacial score (nSPS) is 25.6. The number of fused-ring (bicyclic) bond motifs is 8. The van der Waals surface area contributed by atoms with Crippen molar-refractivity contribution in [1.82, 2.24) is 82.7 Å². The van der Waals surface area contributed by atoms with Crippen LogP contribution in [0, 0.1) is 5.92 Å². The molecule has 9 rings (SSSR count). The first kappa shape index (κ1) is 100. The number of para-hydroxylation sites is 2. The molecule has 3 fully saturated rings. The zero-order valence-corrected chi connectivity index (χ0v) is 74.6. The van der Waals surface area contributed by atoms with Gasteiger partial charge in [-0.05, 0) is 99.7 Å². The molecule has 702 valence electrons. The maximum absolute atomic E-state index is 15.7. The molecule has 21 N–H and O–H groups in total. The molecule has 129 heavy (non-hydrogen) atoms. The lowest BCUT2D eigenvalue weighted by molar-refractivity contribution is -0.149. The van der Waals surface area contributed by atoms with Crippen molar-refractivity contribution in [3.05, 3.63) is 95.8 Å². The number of ether oxygens (including phenoxy) is 1. The molecule has 6 heterocycles. The number of H-pyrrole nitrogens is 2. The van der Waals surface area contributed by atoms with E-state index in [9.17, 15) is 63.3 Å². The number of hydrogen-bond acceptors (Lipinski definition) is 23. The molecule has 0 saturated carbocycles. The number of nitrogens with zero attached hydrogens (tertiary/aromatic N) is 5. The summed E-state index contributed by atoms with van der Waals surface area (Å²) >= 11 is 1.07. The number of thioether (sulfide) groups is 1. The first-order valence-corrected chi connectivity index (χ1v) is 44.7. The quantitative estimate of drug-likeness (QED) is 0.0289. The van der Waals surface area contributed by atoms with Gasteiger partial charge in [0.15, 0.2) is 0 Å². The zero-order valence-electron chi connectivity index (χ0n) is 73.8. The number of carbonyl (C=O) groups is 17. The lowest BCUT2D eigenvalue weighted by Gasteiger charge is -2.38. The van der Waals surface area contributed by atoms with Crippen LogP contribution < -0.4 is 80.0 Å². The third-order valence-corrected chi connectivity index (χ3v) is 24.9. The third kappa shape index (κ3) is 26.0. The zero-order chi connectivity index (χ0) is 94.2. The van der Waals surface area contributed by atoms with Crippen molar-refractivity contribution in [2.75, 3.05) is 77.5 Å². The van der Waals surface area contributed by atoms with Gasteiger partial charge in [0.25, 0.3) is 5.91 Å². The van der Waals surface area contributed by atoms with E-state index in [-0.39, 0.29) is 93.8 Å². The van der Waals surface area contributed by atoms with Gasteiger partial charge in [-0.2, -0.15) is 11.8 Å².